The third-order valence-electron chi connectivity index (χ3n) is 6.79. The summed E-state index contributed by atoms with van der Waals surface area (Å²) in [6.07, 6.45) is 2.52. The van der Waals surface area contributed by atoms with E-state index in [0.29, 0.717) is 38.4 Å². The van der Waals surface area contributed by atoms with Crippen LogP contribution in [0.4, 0.5) is 24.2 Å². The summed E-state index contributed by atoms with van der Waals surface area (Å²) < 4.78 is 37.7. The summed E-state index contributed by atoms with van der Waals surface area (Å²) in [5.41, 5.74) is 0.809. The van der Waals surface area contributed by atoms with Gasteiger partial charge >= 0.3 is 12.2 Å². The van der Waals surface area contributed by atoms with Crippen LogP contribution < -0.4 is 4.90 Å². The molecule has 0 spiro atoms. The summed E-state index contributed by atoms with van der Waals surface area (Å²) in [7, 11) is 0. The maximum atomic E-state index is 13.3. The molecular weight excluding hydrogens is 506 g/mol. The number of aromatic nitrogens is 1. The van der Waals surface area contributed by atoms with Crippen molar-refractivity contribution in [3.05, 3.63) is 23.4 Å². The molecular formula is C29H46F2N4O4. The van der Waals surface area contributed by atoms with Gasteiger partial charge in [0.1, 0.15) is 17.0 Å². The molecule has 0 saturated carbocycles. The van der Waals surface area contributed by atoms with Crippen molar-refractivity contribution in [1.29, 1.82) is 0 Å². The molecule has 0 N–H and O–H groups in total. The largest absolute Gasteiger partial charge is 0.444 e. The molecule has 0 aliphatic carbocycles. The van der Waals surface area contributed by atoms with Gasteiger partial charge in [-0.25, -0.2) is 23.4 Å². The van der Waals surface area contributed by atoms with Gasteiger partial charge < -0.3 is 14.4 Å². The lowest BCUT2D eigenvalue weighted by Gasteiger charge is -2.31. The minimum Gasteiger partial charge on any atom is -0.444 e. The molecule has 39 heavy (non-hydrogen) atoms. The second kappa shape index (κ2) is 13.2. The van der Waals surface area contributed by atoms with E-state index < -0.39 is 17.6 Å². The van der Waals surface area contributed by atoms with Gasteiger partial charge in [0, 0.05) is 31.4 Å². The standard InChI is InChI=1S/C29H46F2N4O4/c1-28(2,3)38-26(36)34-18-15-23(19-34)33(20-24(30)31)16-9-7-8-12-22-14-13-21-11-10-17-35(25(21)32-22)27(37)39-29(4,5)6/h13-14,23-24H,7-12,15-20H2,1-6H3/t23-/m1/s1. The second-order valence-electron chi connectivity index (χ2n) is 12.6. The molecule has 220 valence electrons. The molecule has 0 bridgehead atoms. The fourth-order valence-corrected chi connectivity index (χ4v) is 5.04. The number of ether oxygens (including phenoxy) is 2. The number of alkyl halides is 2. The maximum Gasteiger partial charge on any atom is 0.416 e. The van der Waals surface area contributed by atoms with Crippen LogP contribution in [0.2, 0.25) is 0 Å². The zero-order valence-electron chi connectivity index (χ0n) is 24.5. The lowest BCUT2D eigenvalue weighted by Crippen LogP contribution is -2.42. The van der Waals surface area contributed by atoms with Gasteiger partial charge in [-0.2, -0.15) is 0 Å². The summed E-state index contributed by atoms with van der Waals surface area (Å²) in [6, 6.07) is 3.98. The third-order valence-corrected chi connectivity index (χ3v) is 6.79. The highest BCUT2D eigenvalue weighted by Gasteiger charge is 2.34. The number of nitrogens with zero attached hydrogens (tertiary/aromatic N) is 4. The Balaban J connectivity index is 1.50. The SMILES string of the molecule is CC(C)(C)OC(=O)N1CC[C@@H](N(CCCCCc2ccc3c(n2)N(C(=O)OC(C)(C)C)CCC3)CC(F)F)C1. The Hall–Kier alpha value is -2.49. The van der Waals surface area contributed by atoms with Gasteiger partial charge in [-0.05, 0) is 98.2 Å². The minimum atomic E-state index is -2.42. The highest BCUT2D eigenvalue weighted by atomic mass is 19.3. The molecule has 3 heterocycles. The van der Waals surface area contributed by atoms with Crippen molar-refractivity contribution in [2.24, 2.45) is 0 Å². The van der Waals surface area contributed by atoms with Crippen LogP contribution in [0.15, 0.2) is 12.1 Å². The number of hydrogen-bond acceptors (Lipinski definition) is 6. The minimum absolute atomic E-state index is 0.0901. The topological polar surface area (TPSA) is 75.2 Å². The Morgan fingerprint density at radius 1 is 1.03 bits per heavy atom. The number of aryl methyl sites for hydroxylation is 2. The van der Waals surface area contributed by atoms with E-state index >= 15 is 0 Å². The van der Waals surface area contributed by atoms with E-state index in [1.165, 1.54) is 0 Å². The molecule has 2 aliphatic rings. The molecule has 1 aromatic rings. The fraction of sp³-hybridized carbons (Fsp3) is 0.759. The number of rotatable bonds is 9. The van der Waals surface area contributed by atoms with E-state index in [2.05, 4.69) is 6.07 Å². The molecule has 3 rings (SSSR count). The van der Waals surface area contributed by atoms with Gasteiger partial charge in [0.15, 0.2) is 0 Å². The van der Waals surface area contributed by atoms with E-state index in [9.17, 15) is 18.4 Å². The first-order valence-corrected chi connectivity index (χ1v) is 14.2. The van der Waals surface area contributed by atoms with Gasteiger partial charge in [-0.1, -0.05) is 12.5 Å². The highest BCUT2D eigenvalue weighted by Crippen LogP contribution is 2.28. The monoisotopic (exact) mass is 552 g/mol. The van der Waals surface area contributed by atoms with Crippen molar-refractivity contribution in [3.63, 3.8) is 0 Å². The van der Waals surface area contributed by atoms with Crippen molar-refractivity contribution in [2.75, 3.05) is 37.6 Å². The maximum absolute atomic E-state index is 13.3. The molecule has 2 amide bonds. The van der Waals surface area contributed by atoms with E-state index in [1.807, 2.05) is 52.5 Å². The number of fused-ring (bicyclic) bond motifs is 1. The Morgan fingerprint density at radius 2 is 1.72 bits per heavy atom. The van der Waals surface area contributed by atoms with Crippen molar-refractivity contribution < 1.29 is 27.8 Å². The number of likely N-dealkylation sites (tertiary alicyclic amines) is 1. The Morgan fingerprint density at radius 3 is 2.38 bits per heavy atom. The molecule has 8 nitrogen and oxygen atoms in total. The lowest BCUT2D eigenvalue weighted by atomic mass is 10.0. The summed E-state index contributed by atoms with van der Waals surface area (Å²) >= 11 is 0. The van der Waals surface area contributed by atoms with Gasteiger partial charge in [0.05, 0.1) is 6.54 Å². The van der Waals surface area contributed by atoms with E-state index in [4.69, 9.17) is 14.5 Å². The van der Waals surface area contributed by atoms with Crippen LogP contribution in [0.3, 0.4) is 0 Å². The first kappa shape index (κ1) is 31.0. The molecule has 1 saturated heterocycles. The van der Waals surface area contributed by atoms with Crippen molar-refractivity contribution >= 4 is 18.0 Å². The van der Waals surface area contributed by atoms with Crippen LogP contribution in [0.5, 0.6) is 0 Å². The van der Waals surface area contributed by atoms with Crippen LogP contribution in [-0.4, -0.2) is 83.4 Å². The van der Waals surface area contributed by atoms with Crippen LogP contribution >= 0.6 is 0 Å². The molecule has 0 unspecified atom stereocenters. The van der Waals surface area contributed by atoms with Crippen molar-refractivity contribution in [1.82, 2.24) is 14.8 Å². The van der Waals surface area contributed by atoms with Gasteiger partial charge in [-0.3, -0.25) is 9.80 Å². The number of carbonyl (C=O) groups is 2. The molecule has 1 aromatic heterocycles. The average molecular weight is 553 g/mol. The Labute approximate surface area is 232 Å². The zero-order chi connectivity index (χ0) is 28.8. The van der Waals surface area contributed by atoms with Crippen LogP contribution in [0, 0.1) is 0 Å². The van der Waals surface area contributed by atoms with Gasteiger partial charge in [-0.15, -0.1) is 0 Å². The predicted molar refractivity (Wildman–Crippen MR) is 147 cm³/mol. The number of halogens is 2. The summed E-state index contributed by atoms with van der Waals surface area (Å²) in [5.74, 6) is 0.687. The highest BCUT2D eigenvalue weighted by molar-refractivity contribution is 5.88. The van der Waals surface area contributed by atoms with Crippen LogP contribution in [0.1, 0.15) is 84.9 Å². The van der Waals surface area contributed by atoms with Crippen LogP contribution in [0.25, 0.3) is 0 Å². The first-order chi connectivity index (χ1) is 18.2. The molecule has 0 aromatic carbocycles. The van der Waals surface area contributed by atoms with Crippen molar-refractivity contribution in [2.45, 2.75) is 110 Å². The molecule has 1 fully saturated rings. The number of hydrogen-bond donors (Lipinski definition) is 0. The normalized spacial score (nSPS) is 18.1. The Kier molecular flexibility index (Phi) is 10.5. The molecule has 2 aliphatic heterocycles. The average Bonchev–Trinajstić information content (AvgIpc) is 3.31. The number of amides is 2. The second-order valence-corrected chi connectivity index (χ2v) is 12.6. The van der Waals surface area contributed by atoms with Crippen LogP contribution in [-0.2, 0) is 22.3 Å². The Bertz CT molecular complexity index is 977. The first-order valence-electron chi connectivity index (χ1n) is 14.2. The van der Waals surface area contributed by atoms with E-state index in [1.54, 1.807) is 9.80 Å². The number of pyridine rings is 1. The smallest absolute Gasteiger partial charge is 0.416 e. The summed E-state index contributed by atoms with van der Waals surface area (Å²) in [6.45, 7) is 12.8. The number of unbranched alkanes of at least 4 members (excludes halogenated alkanes) is 2. The van der Waals surface area contributed by atoms with Crippen molar-refractivity contribution in [3.8, 4) is 0 Å². The van der Waals surface area contributed by atoms with Gasteiger partial charge in [0.25, 0.3) is 6.43 Å². The predicted octanol–water partition coefficient (Wildman–Crippen LogP) is 6.06. The summed E-state index contributed by atoms with van der Waals surface area (Å²) in [4.78, 5) is 35.0. The third kappa shape index (κ3) is 9.89. The zero-order valence-corrected chi connectivity index (χ0v) is 24.5. The number of anilines is 1. The molecule has 10 heteroatoms. The lowest BCUT2D eigenvalue weighted by molar-refractivity contribution is 0.0263. The quantitative estimate of drug-likeness (QED) is 0.347. The number of carbonyl (C=O) groups excluding carboxylic acids is 2. The molecule has 0 radical (unpaired) electrons. The fourth-order valence-electron chi connectivity index (χ4n) is 5.04. The summed E-state index contributed by atoms with van der Waals surface area (Å²) in [5, 5.41) is 0. The van der Waals surface area contributed by atoms with E-state index in [0.717, 1.165) is 49.8 Å². The van der Waals surface area contributed by atoms with Gasteiger partial charge in [0.2, 0.25) is 0 Å². The molecule has 1 atom stereocenters. The van der Waals surface area contributed by atoms with E-state index in [-0.39, 0.29) is 24.8 Å².